The number of aromatic nitrogens is 3. The molecule has 0 atom stereocenters. The Morgan fingerprint density at radius 2 is 1.71 bits per heavy atom. The van der Waals surface area contributed by atoms with Gasteiger partial charge in [-0.3, -0.25) is 0 Å². The van der Waals surface area contributed by atoms with Gasteiger partial charge in [0.2, 0.25) is 0 Å². The average molecular weight is 230 g/mol. The summed E-state index contributed by atoms with van der Waals surface area (Å²) in [4.78, 5) is 12.5. The van der Waals surface area contributed by atoms with Gasteiger partial charge in [0.05, 0.1) is 5.69 Å². The number of anilines is 1. The molecule has 0 saturated carbocycles. The van der Waals surface area contributed by atoms with Crippen LogP contribution in [0.2, 0.25) is 0 Å². The summed E-state index contributed by atoms with van der Waals surface area (Å²) in [6.45, 7) is 3.95. The molecular weight excluding hydrogens is 216 g/mol. The monoisotopic (exact) mass is 230 g/mol. The zero-order valence-electron chi connectivity index (χ0n) is 9.84. The number of para-hydroxylation sites is 2. The molecule has 1 aromatic carbocycles. The van der Waals surface area contributed by atoms with Gasteiger partial charge in [-0.15, -0.1) is 0 Å². The van der Waals surface area contributed by atoms with E-state index in [9.17, 15) is 0 Å². The van der Waals surface area contributed by atoms with Gasteiger partial charge >= 0.3 is 0 Å². The molecule has 2 aromatic rings. The molecule has 0 radical (unpaired) electrons. The number of benzene rings is 1. The molecule has 0 spiro atoms. The largest absolute Gasteiger partial charge is 0.483 e. The van der Waals surface area contributed by atoms with Crippen molar-refractivity contribution >= 4 is 5.69 Å². The molecule has 17 heavy (non-hydrogen) atoms. The van der Waals surface area contributed by atoms with Crippen LogP contribution in [0.25, 0.3) is 0 Å². The molecule has 88 valence electrons. The molecule has 5 nitrogen and oxygen atoms in total. The Hall–Kier alpha value is -2.17. The lowest BCUT2D eigenvalue weighted by Gasteiger charge is -2.08. The number of rotatable bonds is 3. The first-order valence-electron chi connectivity index (χ1n) is 5.30. The molecule has 0 aliphatic heterocycles. The van der Waals surface area contributed by atoms with E-state index in [1.165, 1.54) is 0 Å². The molecule has 0 aliphatic rings. The number of hydrogen-bond donors (Lipinski definition) is 1. The Bertz CT molecular complexity index is 507. The minimum absolute atomic E-state index is 0.290. The topological polar surface area (TPSA) is 73.9 Å². The van der Waals surface area contributed by atoms with Gasteiger partial charge in [-0.05, 0) is 26.0 Å². The smallest absolute Gasteiger partial charge is 0.169 e. The van der Waals surface area contributed by atoms with E-state index in [2.05, 4.69) is 15.0 Å². The average Bonchev–Trinajstić information content (AvgIpc) is 2.27. The van der Waals surface area contributed by atoms with Crippen molar-refractivity contribution in [3.63, 3.8) is 0 Å². The molecular formula is C12H14N4O. The van der Waals surface area contributed by atoms with Crippen molar-refractivity contribution in [1.82, 2.24) is 15.0 Å². The lowest BCUT2D eigenvalue weighted by Crippen LogP contribution is -2.07. The predicted octanol–water partition coefficient (Wildman–Crippen LogP) is 1.65. The Kier molecular flexibility index (Phi) is 3.18. The molecule has 0 fully saturated rings. The van der Waals surface area contributed by atoms with Gasteiger partial charge in [0, 0.05) is 0 Å². The van der Waals surface area contributed by atoms with Crippen LogP contribution in [-0.4, -0.2) is 15.0 Å². The van der Waals surface area contributed by atoms with Gasteiger partial charge in [0.25, 0.3) is 0 Å². The van der Waals surface area contributed by atoms with Crippen LogP contribution in [0.3, 0.4) is 0 Å². The quantitative estimate of drug-likeness (QED) is 0.811. The molecule has 0 unspecified atom stereocenters. The molecule has 1 heterocycles. The second-order valence-electron chi connectivity index (χ2n) is 3.67. The van der Waals surface area contributed by atoms with Crippen LogP contribution in [0.1, 0.15) is 17.5 Å². The highest BCUT2D eigenvalue weighted by molar-refractivity contribution is 5.51. The van der Waals surface area contributed by atoms with E-state index in [1.807, 2.05) is 32.0 Å². The Balaban J connectivity index is 2.10. The Morgan fingerprint density at radius 3 is 2.35 bits per heavy atom. The van der Waals surface area contributed by atoms with E-state index in [0.29, 0.717) is 35.5 Å². The van der Waals surface area contributed by atoms with Gasteiger partial charge < -0.3 is 10.5 Å². The standard InChI is InChI=1S/C12H14N4O/c1-8-14-9(2)16-12(15-8)7-17-11-6-4-3-5-10(11)13/h3-6H,7,13H2,1-2H3. The van der Waals surface area contributed by atoms with Gasteiger partial charge in [0.1, 0.15) is 24.0 Å². The normalized spacial score (nSPS) is 10.2. The SMILES string of the molecule is Cc1nc(C)nc(COc2ccccc2N)n1. The van der Waals surface area contributed by atoms with Crippen LogP contribution in [0.5, 0.6) is 5.75 Å². The number of aryl methyl sites for hydroxylation is 2. The molecule has 2 rings (SSSR count). The maximum Gasteiger partial charge on any atom is 0.169 e. The first-order valence-corrected chi connectivity index (χ1v) is 5.30. The predicted molar refractivity (Wildman–Crippen MR) is 64.5 cm³/mol. The first-order chi connectivity index (χ1) is 8.15. The van der Waals surface area contributed by atoms with Crippen molar-refractivity contribution in [2.24, 2.45) is 0 Å². The summed E-state index contributed by atoms with van der Waals surface area (Å²) in [7, 11) is 0. The highest BCUT2D eigenvalue weighted by atomic mass is 16.5. The summed E-state index contributed by atoms with van der Waals surface area (Å²) < 4.78 is 5.56. The fraction of sp³-hybridized carbons (Fsp3) is 0.250. The second kappa shape index (κ2) is 4.78. The summed E-state index contributed by atoms with van der Waals surface area (Å²) in [5.41, 5.74) is 6.37. The van der Waals surface area contributed by atoms with Crippen molar-refractivity contribution in [3.05, 3.63) is 41.7 Å². The second-order valence-corrected chi connectivity index (χ2v) is 3.67. The van der Waals surface area contributed by atoms with Gasteiger partial charge in [-0.2, -0.15) is 0 Å². The van der Waals surface area contributed by atoms with Crippen LogP contribution in [0.4, 0.5) is 5.69 Å². The lowest BCUT2D eigenvalue weighted by atomic mass is 10.3. The third-order valence-corrected chi connectivity index (χ3v) is 2.18. The van der Waals surface area contributed by atoms with Crippen LogP contribution >= 0.6 is 0 Å². The summed E-state index contributed by atoms with van der Waals surface area (Å²) in [5.74, 6) is 2.63. The third kappa shape index (κ3) is 2.90. The van der Waals surface area contributed by atoms with Crippen LogP contribution in [0, 0.1) is 13.8 Å². The van der Waals surface area contributed by atoms with Crippen molar-refractivity contribution in [2.75, 3.05) is 5.73 Å². The fourth-order valence-corrected chi connectivity index (χ4v) is 1.50. The molecule has 1 aromatic heterocycles. The number of hydrogen-bond acceptors (Lipinski definition) is 5. The van der Waals surface area contributed by atoms with E-state index in [4.69, 9.17) is 10.5 Å². The van der Waals surface area contributed by atoms with E-state index in [-0.39, 0.29) is 0 Å². The highest BCUT2D eigenvalue weighted by Crippen LogP contribution is 2.20. The summed E-state index contributed by atoms with van der Waals surface area (Å²) in [5, 5.41) is 0. The van der Waals surface area contributed by atoms with Crippen LogP contribution in [0.15, 0.2) is 24.3 Å². The highest BCUT2D eigenvalue weighted by Gasteiger charge is 2.03. The van der Waals surface area contributed by atoms with Gasteiger partial charge in [0.15, 0.2) is 5.82 Å². The number of nitrogens with two attached hydrogens (primary N) is 1. The zero-order valence-corrected chi connectivity index (χ0v) is 9.84. The van der Waals surface area contributed by atoms with E-state index >= 15 is 0 Å². The number of ether oxygens (including phenoxy) is 1. The number of nitrogen functional groups attached to an aromatic ring is 1. The van der Waals surface area contributed by atoms with Crippen LogP contribution in [-0.2, 0) is 6.61 Å². The van der Waals surface area contributed by atoms with Crippen molar-refractivity contribution in [2.45, 2.75) is 20.5 Å². The van der Waals surface area contributed by atoms with Crippen molar-refractivity contribution in [1.29, 1.82) is 0 Å². The minimum atomic E-state index is 0.290. The van der Waals surface area contributed by atoms with E-state index in [1.54, 1.807) is 6.07 Å². The van der Waals surface area contributed by atoms with E-state index < -0.39 is 0 Å². The lowest BCUT2D eigenvalue weighted by molar-refractivity contribution is 0.296. The fourth-order valence-electron chi connectivity index (χ4n) is 1.50. The third-order valence-electron chi connectivity index (χ3n) is 2.18. The molecule has 0 amide bonds. The Labute approximate surface area is 99.7 Å². The maximum absolute atomic E-state index is 5.77. The van der Waals surface area contributed by atoms with Gasteiger partial charge in [-0.25, -0.2) is 15.0 Å². The summed E-state index contributed by atoms with van der Waals surface area (Å²) in [6, 6.07) is 7.34. The number of nitrogens with zero attached hydrogens (tertiary/aromatic N) is 3. The minimum Gasteiger partial charge on any atom is -0.483 e. The molecule has 5 heteroatoms. The van der Waals surface area contributed by atoms with Crippen molar-refractivity contribution in [3.8, 4) is 5.75 Å². The zero-order chi connectivity index (χ0) is 12.3. The summed E-state index contributed by atoms with van der Waals surface area (Å²) in [6.07, 6.45) is 0. The van der Waals surface area contributed by atoms with Crippen molar-refractivity contribution < 1.29 is 4.74 Å². The molecule has 0 saturated heterocycles. The Morgan fingerprint density at radius 1 is 1.06 bits per heavy atom. The first kappa shape index (κ1) is 11.3. The van der Waals surface area contributed by atoms with Gasteiger partial charge in [-0.1, -0.05) is 12.1 Å². The molecule has 0 bridgehead atoms. The molecule has 0 aliphatic carbocycles. The van der Waals surface area contributed by atoms with Crippen LogP contribution < -0.4 is 10.5 Å². The van der Waals surface area contributed by atoms with E-state index in [0.717, 1.165) is 0 Å². The maximum atomic E-state index is 5.77. The molecule has 2 N–H and O–H groups in total. The summed E-state index contributed by atoms with van der Waals surface area (Å²) >= 11 is 0.